The molecule has 1 aliphatic rings. The van der Waals surface area contributed by atoms with Gasteiger partial charge in [-0.1, -0.05) is 11.6 Å². The highest BCUT2D eigenvalue weighted by molar-refractivity contribution is 7.77. The number of anilines is 1. The van der Waals surface area contributed by atoms with Crippen LogP contribution in [0.4, 0.5) is 18.9 Å². The van der Waals surface area contributed by atoms with E-state index in [1.165, 1.54) is 4.83 Å². The number of halogens is 4. The van der Waals surface area contributed by atoms with E-state index >= 15 is 0 Å². The molecular formula is C8H5ClF3N2O2S-. The second-order valence-electron chi connectivity index (χ2n) is 3.36. The standard InChI is InChI=1S/C8H6ClF3N2O2S/c9-5-1-2-6(10)4-3-8(11,12)14(7(4)5)13-17(15)16/h1-2,13H,3H2,(H,15,16)/p-1. The molecule has 1 atom stereocenters. The Morgan fingerprint density at radius 2 is 2.18 bits per heavy atom. The summed E-state index contributed by atoms with van der Waals surface area (Å²) < 4.78 is 61.1. The van der Waals surface area contributed by atoms with Gasteiger partial charge in [-0.25, -0.2) is 9.40 Å². The lowest BCUT2D eigenvalue weighted by molar-refractivity contribution is 0.00251. The molecule has 0 saturated heterocycles. The number of alkyl halides is 2. The van der Waals surface area contributed by atoms with Gasteiger partial charge >= 0.3 is 6.05 Å². The Morgan fingerprint density at radius 3 is 2.76 bits per heavy atom. The summed E-state index contributed by atoms with van der Waals surface area (Å²) in [6.07, 6.45) is -0.946. The third kappa shape index (κ3) is 2.13. The first-order chi connectivity index (χ1) is 7.83. The second kappa shape index (κ2) is 4.13. The Hall–Kier alpha value is -0.830. The number of hydrazine groups is 1. The average molecular weight is 286 g/mol. The first-order valence-electron chi connectivity index (χ1n) is 4.33. The SMILES string of the molecule is O=S([O-])NN1c2c(Cl)ccc(F)c2CC1(F)F. The van der Waals surface area contributed by atoms with E-state index in [1.807, 2.05) is 0 Å². The first kappa shape index (κ1) is 12.6. The van der Waals surface area contributed by atoms with Crippen molar-refractivity contribution >= 4 is 28.6 Å². The second-order valence-corrected chi connectivity index (χ2v) is 4.42. The van der Waals surface area contributed by atoms with Crippen LogP contribution in [0.15, 0.2) is 12.1 Å². The van der Waals surface area contributed by atoms with Crippen molar-refractivity contribution in [1.82, 2.24) is 4.83 Å². The number of fused-ring (bicyclic) bond motifs is 1. The van der Waals surface area contributed by atoms with Gasteiger partial charge in [0.15, 0.2) is 0 Å². The maximum absolute atomic E-state index is 13.5. The average Bonchev–Trinajstić information content (AvgIpc) is 2.46. The van der Waals surface area contributed by atoms with Crippen molar-refractivity contribution in [2.45, 2.75) is 12.5 Å². The minimum atomic E-state index is -3.56. The molecular weight excluding hydrogens is 281 g/mol. The van der Waals surface area contributed by atoms with Crippen molar-refractivity contribution in [2.75, 3.05) is 5.01 Å². The number of hydrogen-bond acceptors (Lipinski definition) is 3. The third-order valence-corrected chi connectivity index (χ3v) is 2.92. The molecule has 4 nitrogen and oxygen atoms in total. The fraction of sp³-hybridized carbons (Fsp3) is 0.250. The normalized spacial score (nSPS) is 19.2. The van der Waals surface area contributed by atoms with Crippen LogP contribution in [0.25, 0.3) is 0 Å². The topological polar surface area (TPSA) is 55.4 Å². The molecule has 94 valence electrons. The molecule has 0 radical (unpaired) electrons. The van der Waals surface area contributed by atoms with Crippen LogP contribution >= 0.6 is 11.6 Å². The largest absolute Gasteiger partial charge is 0.759 e. The monoisotopic (exact) mass is 285 g/mol. The molecule has 17 heavy (non-hydrogen) atoms. The van der Waals surface area contributed by atoms with Gasteiger partial charge in [0.25, 0.3) is 0 Å². The summed E-state index contributed by atoms with van der Waals surface area (Å²) >= 11 is 2.71. The van der Waals surface area contributed by atoms with E-state index in [9.17, 15) is 21.9 Å². The molecule has 1 N–H and O–H groups in total. The Bertz CT molecular complexity index is 500. The summed E-state index contributed by atoms with van der Waals surface area (Å²) in [6.45, 7) is 0. The van der Waals surface area contributed by atoms with Crippen LogP contribution in [0.3, 0.4) is 0 Å². The Balaban J connectivity index is 2.55. The lowest BCUT2D eigenvalue weighted by atomic mass is 10.1. The Labute approximate surface area is 102 Å². The van der Waals surface area contributed by atoms with Crippen molar-refractivity contribution < 1.29 is 21.9 Å². The fourth-order valence-electron chi connectivity index (χ4n) is 1.64. The zero-order valence-electron chi connectivity index (χ0n) is 8.05. The predicted octanol–water partition coefficient (Wildman–Crippen LogP) is 1.73. The fourth-order valence-corrected chi connectivity index (χ4v) is 2.27. The predicted molar refractivity (Wildman–Crippen MR) is 54.6 cm³/mol. The molecule has 0 fully saturated rings. The molecule has 0 aliphatic carbocycles. The van der Waals surface area contributed by atoms with Crippen LogP contribution in [0.5, 0.6) is 0 Å². The van der Waals surface area contributed by atoms with Gasteiger partial charge in [-0.15, -0.1) is 0 Å². The van der Waals surface area contributed by atoms with Crippen LogP contribution in [-0.4, -0.2) is 14.8 Å². The van der Waals surface area contributed by atoms with E-state index in [2.05, 4.69) is 0 Å². The molecule has 9 heteroatoms. The molecule has 1 aromatic rings. The van der Waals surface area contributed by atoms with E-state index in [1.54, 1.807) is 0 Å². The lowest BCUT2D eigenvalue weighted by Gasteiger charge is -2.28. The summed E-state index contributed by atoms with van der Waals surface area (Å²) in [4.78, 5) is 1.51. The zero-order valence-corrected chi connectivity index (χ0v) is 9.62. The number of benzene rings is 1. The van der Waals surface area contributed by atoms with Gasteiger partial charge in [0, 0.05) is 16.8 Å². The molecule has 0 saturated carbocycles. The van der Waals surface area contributed by atoms with Crippen molar-refractivity contribution in [3.8, 4) is 0 Å². The molecule has 1 unspecified atom stereocenters. The van der Waals surface area contributed by atoms with E-state index in [4.69, 9.17) is 11.6 Å². The van der Waals surface area contributed by atoms with Gasteiger partial charge in [-0.2, -0.15) is 13.6 Å². The minimum absolute atomic E-state index is 0.0524. The van der Waals surface area contributed by atoms with Crippen LogP contribution in [0, 0.1) is 5.82 Å². The van der Waals surface area contributed by atoms with Gasteiger partial charge in [0.05, 0.1) is 17.1 Å². The highest BCUT2D eigenvalue weighted by Crippen LogP contribution is 2.44. The van der Waals surface area contributed by atoms with Crippen LogP contribution in [0.2, 0.25) is 5.02 Å². The zero-order chi connectivity index (χ0) is 12.8. The maximum Gasteiger partial charge on any atom is 0.343 e. The van der Waals surface area contributed by atoms with Crippen molar-refractivity contribution in [3.05, 3.63) is 28.5 Å². The molecule has 0 amide bonds. The van der Waals surface area contributed by atoms with E-state index in [0.29, 0.717) is 0 Å². The lowest BCUT2D eigenvalue weighted by Crippen LogP contribution is -2.49. The van der Waals surface area contributed by atoms with Gasteiger partial charge in [0.2, 0.25) is 0 Å². The van der Waals surface area contributed by atoms with Gasteiger partial charge in [-0.05, 0) is 12.1 Å². The molecule has 0 bridgehead atoms. The van der Waals surface area contributed by atoms with Crippen molar-refractivity contribution in [2.24, 2.45) is 0 Å². The summed E-state index contributed by atoms with van der Waals surface area (Å²) in [5, 5.41) is -0.104. The maximum atomic E-state index is 13.5. The number of rotatable bonds is 2. The summed E-state index contributed by atoms with van der Waals surface area (Å²) in [5.74, 6) is -0.856. The van der Waals surface area contributed by atoms with Gasteiger partial charge in [-0.3, -0.25) is 4.21 Å². The molecule has 2 rings (SSSR count). The van der Waals surface area contributed by atoms with Crippen LogP contribution < -0.4 is 9.84 Å². The molecule has 1 heterocycles. The molecule has 1 aromatic carbocycles. The van der Waals surface area contributed by atoms with Gasteiger partial charge < -0.3 is 4.55 Å². The summed E-state index contributed by atoms with van der Waals surface area (Å²) in [7, 11) is 0. The highest BCUT2D eigenvalue weighted by atomic mass is 35.5. The van der Waals surface area contributed by atoms with E-state index < -0.39 is 29.6 Å². The molecule has 0 aromatic heterocycles. The smallest absolute Gasteiger partial charge is 0.343 e. The van der Waals surface area contributed by atoms with Gasteiger partial charge in [0.1, 0.15) is 5.82 Å². The Kier molecular flexibility index (Phi) is 3.06. The van der Waals surface area contributed by atoms with Crippen molar-refractivity contribution in [3.63, 3.8) is 0 Å². The highest BCUT2D eigenvalue weighted by Gasteiger charge is 2.47. The Morgan fingerprint density at radius 1 is 1.53 bits per heavy atom. The molecule has 1 aliphatic heterocycles. The summed E-state index contributed by atoms with van der Waals surface area (Å²) in [6, 6.07) is -1.53. The van der Waals surface area contributed by atoms with Crippen molar-refractivity contribution in [1.29, 1.82) is 0 Å². The quantitative estimate of drug-likeness (QED) is 0.665. The third-order valence-electron chi connectivity index (χ3n) is 2.28. The van der Waals surface area contributed by atoms with Crippen LogP contribution in [0.1, 0.15) is 5.56 Å². The van der Waals surface area contributed by atoms with E-state index in [0.717, 1.165) is 12.1 Å². The number of nitrogens with one attached hydrogen (secondary N) is 1. The summed E-state index contributed by atoms with van der Waals surface area (Å²) in [5.41, 5.74) is -0.679. The van der Waals surface area contributed by atoms with Crippen LogP contribution in [-0.2, 0) is 17.7 Å². The molecule has 0 spiro atoms. The first-order valence-corrected chi connectivity index (χ1v) is 5.78. The minimum Gasteiger partial charge on any atom is -0.759 e. The van der Waals surface area contributed by atoms with E-state index in [-0.39, 0.29) is 21.3 Å². The number of hydrogen-bond donors (Lipinski definition) is 1. The number of nitrogens with zero attached hydrogens (tertiary/aromatic N) is 1.